The molecule has 94 valence electrons. The van der Waals surface area contributed by atoms with E-state index in [0.717, 1.165) is 4.31 Å². The Hall–Kier alpha value is -1.51. The number of nitrogens with two attached hydrogens (primary N) is 2. The summed E-state index contributed by atoms with van der Waals surface area (Å²) in [4.78, 5) is 14.6. The van der Waals surface area contributed by atoms with Gasteiger partial charge in [0.25, 0.3) is 0 Å². The molecule has 0 aliphatic rings. The summed E-state index contributed by atoms with van der Waals surface area (Å²) in [5.74, 6) is -0.728. The minimum Gasteiger partial charge on any atom is -0.369 e. The minimum absolute atomic E-state index is 0.000184. The van der Waals surface area contributed by atoms with Gasteiger partial charge in [-0.05, 0) is 12.1 Å². The molecule has 1 aromatic rings. The second-order valence-corrected chi connectivity index (χ2v) is 5.39. The fourth-order valence-electron chi connectivity index (χ4n) is 1.28. The Bertz CT molecular complexity index is 515. The van der Waals surface area contributed by atoms with E-state index in [1.807, 2.05) is 0 Å². The van der Waals surface area contributed by atoms with E-state index >= 15 is 0 Å². The van der Waals surface area contributed by atoms with Crippen LogP contribution in [0.4, 0.5) is 0 Å². The molecule has 1 rings (SSSR count). The number of rotatable bonds is 5. The van der Waals surface area contributed by atoms with Gasteiger partial charge in [-0.25, -0.2) is 8.42 Å². The Morgan fingerprint density at radius 1 is 1.53 bits per heavy atom. The smallest absolute Gasteiger partial charge is 0.245 e. The fourth-order valence-corrected chi connectivity index (χ4v) is 2.60. The number of nitrogens with zero attached hydrogens (tertiary/aromatic N) is 2. The van der Waals surface area contributed by atoms with Gasteiger partial charge < -0.3 is 11.5 Å². The van der Waals surface area contributed by atoms with Crippen LogP contribution in [0, 0.1) is 0 Å². The molecule has 0 bridgehead atoms. The Morgan fingerprint density at radius 2 is 2.18 bits per heavy atom. The largest absolute Gasteiger partial charge is 0.369 e. The van der Waals surface area contributed by atoms with E-state index in [2.05, 4.69) is 4.98 Å². The maximum absolute atomic E-state index is 12.1. The zero-order valence-corrected chi connectivity index (χ0v) is 10.1. The van der Waals surface area contributed by atoms with E-state index in [0.29, 0.717) is 0 Å². The summed E-state index contributed by atoms with van der Waals surface area (Å²) in [7, 11) is -2.52. The highest BCUT2D eigenvalue weighted by atomic mass is 32.2. The molecule has 0 aliphatic carbocycles. The number of primary amides is 1. The highest BCUT2D eigenvalue weighted by Gasteiger charge is 2.24. The first-order chi connectivity index (χ1) is 7.89. The molecule has 0 atom stereocenters. The van der Waals surface area contributed by atoms with Crippen molar-refractivity contribution < 1.29 is 13.2 Å². The first kappa shape index (κ1) is 13.6. The fraction of sp³-hybridized carbons (Fsp3) is 0.333. The van der Waals surface area contributed by atoms with Crippen molar-refractivity contribution >= 4 is 15.9 Å². The summed E-state index contributed by atoms with van der Waals surface area (Å²) in [5.41, 5.74) is 10.6. The zero-order valence-electron chi connectivity index (χ0n) is 9.33. The van der Waals surface area contributed by atoms with Crippen LogP contribution in [0.25, 0.3) is 0 Å². The molecule has 0 saturated carbocycles. The Balaban J connectivity index is 3.17. The molecule has 7 nitrogen and oxygen atoms in total. The number of carbonyl (C=O) groups is 1. The third-order valence-corrected chi connectivity index (χ3v) is 3.99. The first-order valence-corrected chi connectivity index (χ1v) is 6.22. The second kappa shape index (κ2) is 5.21. The predicted molar refractivity (Wildman–Crippen MR) is 61.1 cm³/mol. The first-order valence-electron chi connectivity index (χ1n) is 4.78. The molecule has 0 saturated heterocycles. The van der Waals surface area contributed by atoms with Gasteiger partial charge in [0.05, 0.1) is 12.2 Å². The SMILES string of the molecule is CN(CC(N)=O)S(=O)(=O)c1cccnc1CN. The topological polar surface area (TPSA) is 119 Å². The number of hydrogen-bond acceptors (Lipinski definition) is 5. The van der Waals surface area contributed by atoms with Crippen molar-refractivity contribution in [2.45, 2.75) is 11.4 Å². The van der Waals surface area contributed by atoms with Gasteiger partial charge in [-0.2, -0.15) is 4.31 Å². The molecule has 0 aromatic carbocycles. The van der Waals surface area contributed by atoms with Gasteiger partial charge in [-0.1, -0.05) is 0 Å². The number of hydrogen-bond donors (Lipinski definition) is 2. The molecule has 1 heterocycles. The highest BCUT2D eigenvalue weighted by molar-refractivity contribution is 7.89. The summed E-state index contributed by atoms with van der Waals surface area (Å²) < 4.78 is 25.0. The zero-order chi connectivity index (χ0) is 13.1. The van der Waals surface area contributed by atoms with Crippen LogP contribution in [0.15, 0.2) is 23.2 Å². The lowest BCUT2D eigenvalue weighted by Gasteiger charge is -2.16. The Morgan fingerprint density at radius 3 is 2.71 bits per heavy atom. The molecule has 0 spiro atoms. The van der Waals surface area contributed by atoms with Crippen molar-refractivity contribution in [3.05, 3.63) is 24.0 Å². The van der Waals surface area contributed by atoms with Gasteiger partial charge in [-0.3, -0.25) is 9.78 Å². The van der Waals surface area contributed by atoms with Gasteiger partial charge in [0.2, 0.25) is 15.9 Å². The molecule has 0 aliphatic heterocycles. The summed E-state index contributed by atoms with van der Waals surface area (Å²) in [5, 5.41) is 0. The van der Waals surface area contributed by atoms with Gasteiger partial charge in [0.1, 0.15) is 4.90 Å². The molecule has 1 aromatic heterocycles. The van der Waals surface area contributed by atoms with E-state index in [1.165, 1.54) is 25.4 Å². The van der Waals surface area contributed by atoms with Crippen molar-refractivity contribution in [1.82, 2.24) is 9.29 Å². The second-order valence-electron chi connectivity index (χ2n) is 3.38. The maximum Gasteiger partial charge on any atom is 0.245 e. The maximum atomic E-state index is 12.1. The lowest BCUT2D eigenvalue weighted by atomic mass is 10.3. The third kappa shape index (κ3) is 2.99. The monoisotopic (exact) mass is 258 g/mol. The molecular weight excluding hydrogens is 244 g/mol. The van der Waals surface area contributed by atoms with Crippen LogP contribution < -0.4 is 11.5 Å². The summed E-state index contributed by atoms with van der Waals surface area (Å²) in [6.07, 6.45) is 1.45. The van der Waals surface area contributed by atoms with E-state index in [1.54, 1.807) is 0 Å². The van der Waals surface area contributed by atoms with Crippen LogP contribution in [-0.2, 0) is 21.4 Å². The molecule has 0 radical (unpaired) electrons. The van der Waals surface area contributed by atoms with Crippen LogP contribution in [0.2, 0.25) is 0 Å². The third-order valence-electron chi connectivity index (χ3n) is 2.11. The Labute approximate surface area is 99.5 Å². The lowest BCUT2D eigenvalue weighted by molar-refractivity contribution is -0.118. The molecule has 8 heteroatoms. The number of carbonyl (C=O) groups excluding carboxylic acids is 1. The number of likely N-dealkylation sites (N-methyl/N-ethyl adjacent to an activating group) is 1. The van der Waals surface area contributed by atoms with Gasteiger partial charge in [0, 0.05) is 19.8 Å². The van der Waals surface area contributed by atoms with Crippen LogP contribution in [0.5, 0.6) is 0 Å². The van der Waals surface area contributed by atoms with Gasteiger partial charge in [0.15, 0.2) is 0 Å². The molecule has 4 N–H and O–H groups in total. The van der Waals surface area contributed by atoms with Gasteiger partial charge >= 0.3 is 0 Å². The van der Waals surface area contributed by atoms with Crippen molar-refractivity contribution in [3.8, 4) is 0 Å². The van der Waals surface area contributed by atoms with E-state index in [4.69, 9.17) is 11.5 Å². The number of amides is 1. The lowest BCUT2D eigenvalue weighted by Crippen LogP contribution is -2.36. The van der Waals surface area contributed by atoms with Crippen molar-refractivity contribution in [3.63, 3.8) is 0 Å². The number of sulfonamides is 1. The average molecular weight is 258 g/mol. The molecular formula is C9H14N4O3S. The average Bonchev–Trinajstić information content (AvgIpc) is 2.28. The molecule has 0 fully saturated rings. The van der Waals surface area contributed by atoms with Crippen LogP contribution in [0.3, 0.4) is 0 Å². The van der Waals surface area contributed by atoms with Crippen LogP contribution in [-0.4, -0.2) is 37.2 Å². The molecule has 17 heavy (non-hydrogen) atoms. The van der Waals surface area contributed by atoms with Crippen molar-refractivity contribution in [2.24, 2.45) is 11.5 Å². The summed E-state index contributed by atoms with van der Waals surface area (Å²) in [6, 6.07) is 2.88. The number of aromatic nitrogens is 1. The van der Waals surface area contributed by atoms with E-state index < -0.39 is 15.9 Å². The van der Waals surface area contributed by atoms with Crippen LogP contribution >= 0.6 is 0 Å². The minimum atomic E-state index is -3.79. The van der Waals surface area contributed by atoms with Crippen LogP contribution in [0.1, 0.15) is 5.69 Å². The van der Waals surface area contributed by atoms with Gasteiger partial charge in [-0.15, -0.1) is 0 Å². The highest BCUT2D eigenvalue weighted by Crippen LogP contribution is 2.16. The molecule has 0 unspecified atom stereocenters. The quantitative estimate of drug-likeness (QED) is 0.676. The van der Waals surface area contributed by atoms with Crippen molar-refractivity contribution in [2.75, 3.05) is 13.6 Å². The summed E-state index contributed by atoms with van der Waals surface area (Å²) in [6.45, 7) is -0.388. The predicted octanol–water partition coefficient (Wildman–Crippen LogP) is -1.35. The van der Waals surface area contributed by atoms with E-state index in [9.17, 15) is 13.2 Å². The normalized spacial score (nSPS) is 11.7. The molecule has 1 amide bonds. The number of pyridine rings is 1. The van der Waals surface area contributed by atoms with Crippen molar-refractivity contribution in [1.29, 1.82) is 0 Å². The summed E-state index contributed by atoms with van der Waals surface area (Å²) >= 11 is 0. The standard InChI is InChI=1S/C9H14N4O3S/c1-13(6-9(11)14)17(15,16)8-3-2-4-12-7(8)5-10/h2-4H,5-6,10H2,1H3,(H2,11,14). The van der Waals surface area contributed by atoms with E-state index in [-0.39, 0.29) is 23.7 Å². The Kier molecular flexibility index (Phi) is 4.16.